The molecular formula is C11H12BrF3O2. The second-order valence-electron chi connectivity index (χ2n) is 3.32. The Kier molecular flexibility index (Phi) is 5.11. The first kappa shape index (κ1) is 14.2. The number of ether oxygens (including phenoxy) is 2. The van der Waals surface area contributed by atoms with Gasteiger partial charge in [-0.1, -0.05) is 22.0 Å². The fraction of sp³-hybridized carbons (Fsp3) is 0.455. The maximum absolute atomic E-state index is 12.0. The van der Waals surface area contributed by atoms with E-state index in [0.29, 0.717) is 16.8 Å². The Balaban J connectivity index is 2.68. The van der Waals surface area contributed by atoms with E-state index in [1.165, 1.54) is 7.11 Å². The highest BCUT2D eigenvalue weighted by Gasteiger charge is 2.27. The molecule has 1 rings (SSSR count). The van der Waals surface area contributed by atoms with Crippen molar-refractivity contribution in [3.8, 4) is 11.5 Å². The molecule has 0 saturated heterocycles. The Hall–Kier alpha value is -0.910. The topological polar surface area (TPSA) is 18.5 Å². The van der Waals surface area contributed by atoms with Gasteiger partial charge in [0.2, 0.25) is 0 Å². The first-order valence-corrected chi connectivity index (χ1v) is 6.01. The lowest BCUT2D eigenvalue weighted by Crippen LogP contribution is -2.13. The smallest absolute Gasteiger partial charge is 0.392 e. The molecule has 0 radical (unpaired) electrons. The molecule has 0 bridgehead atoms. The number of methoxy groups -OCH3 is 1. The third-order valence-electron chi connectivity index (χ3n) is 2.06. The van der Waals surface area contributed by atoms with E-state index in [-0.39, 0.29) is 0 Å². The molecule has 0 heterocycles. The van der Waals surface area contributed by atoms with Gasteiger partial charge >= 0.3 is 6.18 Å². The minimum atomic E-state index is -4.20. The zero-order valence-corrected chi connectivity index (χ0v) is 10.8. The third-order valence-corrected chi connectivity index (χ3v) is 2.67. The van der Waals surface area contributed by atoms with Crippen molar-refractivity contribution >= 4 is 15.9 Å². The monoisotopic (exact) mass is 312 g/mol. The molecule has 0 amide bonds. The largest absolute Gasteiger partial charge is 0.497 e. The van der Waals surface area contributed by atoms with Gasteiger partial charge in [-0.25, -0.2) is 0 Å². The molecule has 17 heavy (non-hydrogen) atoms. The van der Waals surface area contributed by atoms with E-state index in [1.54, 1.807) is 18.2 Å². The molecule has 0 aromatic heterocycles. The van der Waals surface area contributed by atoms with Gasteiger partial charge in [0.05, 0.1) is 20.1 Å². The predicted molar refractivity (Wildman–Crippen MR) is 61.8 cm³/mol. The molecule has 0 saturated carbocycles. The first-order chi connectivity index (χ1) is 7.96. The molecule has 0 atom stereocenters. The molecule has 1 aromatic rings. The third kappa shape index (κ3) is 4.85. The van der Waals surface area contributed by atoms with Gasteiger partial charge in [0.25, 0.3) is 0 Å². The summed E-state index contributed by atoms with van der Waals surface area (Å²) in [4.78, 5) is 0. The van der Waals surface area contributed by atoms with Crippen LogP contribution in [0.2, 0.25) is 0 Å². The van der Waals surface area contributed by atoms with Crippen LogP contribution in [0.25, 0.3) is 0 Å². The molecule has 0 spiro atoms. The van der Waals surface area contributed by atoms with Crippen LogP contribution in [-0.2, 0) is 5.33 Å². The van der Waals surface area contributed by atoms with E-state index in [9.17, 15) is 13.2 Å². The number of rotatable bonds is 5. The summed E-state index contributed by atoms with van der Waals surface area (Å²) in [5.74, 6) is 0.960. The molecule has 1 aromatic carbocycles. The number of alkyl halides is 4. The maximum Gasteiger partial charge on any atom is 0.392 e. The molecule has 0 aliphatic rings. The highest BCUT2D eigenvalue weighted by atomic mass is 79.9. The van der Waals surface area contributed by atoms with Crippen LogP contribution < -0.4 is 9.47 Å². The van der Waals surface area contributed by atoms with Crippen LogP contribution in [0.5, 0.6) is 11.5 Å². The summed E-state index contributed by atoms with van der Waals surface area (Å²) in [6.45, 7) is -0.392. The van der Waals surface area contributed by atoms with Crippen molar-refractivity contribution in [2.75, 3.05) is 13.7 Å². The first-order valence-electron chi connectivity index (χ1n) is 4.88. The highest BCUT2D eigenvalue weighted by molar-refractivity contribution is 9.08. The zero-order chi connectivity index (χ0) is 12.9. The lowest BCUT2D eigenvalue weighted by atomic mass is 10.2. The summed E-state index contributed by atoms with van der Waals surface area (Å²) in [6.07, 6.45) is -5.17. The van der Waals surface area contributed by atoms with Crippen molar-refractivity contribution in [3.05, 3.63) is 23.8 Å². The van der Waals surface area contributed by atoms with Crippen LogP contribution in [0.15, 0.2) is 18.2 Å². The molecule has 96 valence electrons. The number of hydrogen-bond donors (Lipinski definition) is 0. The Bertz CT molecular complexity index is 366. The quantitative estimate of drug-likeness (QED) is 0.767. The Labute approximate surface area is 106 Å². The summed E-state index contributed by atoms with van der Waals surface area (Å²) in [5, 5.41) is 0.512. The summed E-state index contributed by atoms with van der Waals surface area (Å²) < 4.78 is 46.0. The van der Waals surface area contributed by atoms with E-state index in [0.717, 1.165) is 5.56 Å². The van der Waals surface area contributed by atoms with Gasteiger partial charge in [-0.3, -0.25) is 0 Å². The second kappa shape index (κ2) is 6.14. The normalized spacial score (nSPS) is 11.4. The van der Waals surface area contributed by atoms with E-state index in [1.807, 2.05) is 0 Å². The second-order valence-corrected chi connectivity index (χ2v) is 3.88. The molecule has 0 aliphatic heterocycles. The molecule has 2 nitrogen and oxygen atoms in total. The van der Waals surface area contributed by atoms with Crippen molar-refractivity contribution in [2.24, 2.45) is 0 Å². The predicted octanol–water partition coefficient (Wildman–Crippen LogP) is 3.92. The minimum Gasteiger partial charge on any atom is -0.497 e. The standard InChI is InChI=1S/C11H12BrF3O2/c1-16-9-3-2-8(7-12)10(6-9)17-5-4-11(13,14)15/h2-3,6H,4-5,7H2,1H3. The fourth-order valence-electron chi connectivity index (χ4n) is 1.18. The van der Waals surface area contributed by atoms with Gasteiger partial charge in [-0.15, -0.1) is 0 Å². The Morgan fingerprint density at radius 3 is 2.53 bits per heavy atom. The van der Waals surface area contributed by atoms with E-state index in [4.69, 9.17) is 9.47 Å². The highest BCUT2D eigenvalue weighted by Crippen LogP contribution is 2.27. The summed E-state index contributed by atoms with van der Waals surface area (Å²) in [6, 6.07) is 5.05. The number of benzene rings is 1. The molecule has 0 N–H and O–H groups in total. The summed E-state index contributed by atoms with van der Waals surface area (Å²) >= 11 is 3.24. The SMILES string of the molecule is COc1ccc(CBr)c(OCCC(F)(F)F)c1. The molecule has 6 heteroatoms. The average Bonchev–Trinajstić information content (AvgIpc) is 2.27. The van der Waals surface area contributed by atoms with Gasteiger partial charge in [0, 0.05) is 17.0 Å². The lowest BCUT2D eigenvalue weighted by Gasteiger charge is -2.12. The Morgan fingerprint density at radius 2 is 2.00 bits per heavy atom. The van der Waals surface area contributed by atoms with Crippen LogP contribution >= 0.6 is 15.9 Å². The maximum atomic E-state index is 12.0. The Morgan fingerprint density at radius 1 is 1.29 bits per heavy atom. The van der Waals surface area contributed by atoms with Crippen molar-refractivity contribution in [1.29, 1.82) is 0 Å². The minimum absolute atomic E-state index is 0.392. The van der Waals surface area contributed by atoms with Crippen LogP contribution in [-0.4, -0.2) is 19.9 Å². The van der Waals surface area contributed by atoms with E-state index >= 15 is 0 Å². The molecule has 0 aliphatic carbocycles. The summed E-state index contributed by atoms with van der Waals surface area (Å²) in [5.41, 5.74) is 0.785. The van der Waals surface area contributed by atoms with Gasteiger partial charge < -0.3 is 9.47 Å². The fourth-order valence-corrected chi connectivity index (χ4v) is 1.65. The van der Waals surface area contributed by atoms with Crippen LogP contribution in [0, 0.1) is 0 Å². The van der Waals surface area contributed by atoms with Crippen molar-refractivity contribution < 1.29 is 22.6 Å². The van der Waals surface area contributed by atoms with Gasteiger partial charge in [0.15, 0.2) is 0 Å². The van der Waals surface area contributed by atoms with Crippen molar-refractivity contribution in [1.82, 2.24) is 0 Å². The van der Waals surface area contributed by atoms with Crippen LogP contribution in [0.1, 0.15) is 12.0 Å². The van der Waals surface area contributed by atoms with Crippen molar-refractivity contribution in [3.63, 3.8) is 0 Å². The average molecular weight is 313 g/mol. The van der Waals surface area contributed by atoms with Gasteiger partial charge in [-0.2, -0.15) is 13.2 Å². The molecule has 0 fully saturated rings. The van der Waals surface area contributed by atoms with E-state index < -0.39 is 19.2 Å². The van der Waals surface area contributed by atoms with Gasteiger partial charge in [-0.05, 0) is 6.07 Å². The van der Waals surface area contributed by atoms with Gasteiger partial charge in [0.1, 0.15) is 11.5 Å². The number of hydrogen-bond acceptors (Lipinski definition) is 2. The zero-order valence-electron chi connectivity index (χ0n) is 9.18. The summed E-state index contributed by atoms with van der Waals surface area (Å²) in [7, 11) is 1.49. The van der Waals surface area contributed by atoms with E-state index in [2.05, 4.69) is 15.9 Å². The van der Waals surface area contributed by atoms with Crippen LogP contribution in [0.4, 0.5) is 13.2 Å². The number of halogens is 4. The van der Waals surface area contributed by atoms with Crippen LogP contribution in [0.3, 0.4) is 0 Å². The lowest BCUT2D eigenvalue weighted by molar-refractivity contribution is -0.139. The molecular weight excluding hydrogens is 301 g/mol. The molecule has 0 unspecified atom stereocenters. The van der Waals surface area contributed by atoms with Crippen molar-refractivity contribution in [2.45, 2.75) is 17.9 Å².